The molecule has 0 heterocycles. The van der Waals surface area contributed by atoms with Gasteiger partial charge in [-0.2, -0.15) is 0 Å². The van der Waals surface area contributed by atoms with Gasteiger partial charge in [0, 0.05) is 12.2 Å². The van der Waals surface area contributed by atoms with E-state index < -0.39 is 11.9 Å². The van der Waals surface area contributed by atoms with E-state index in [0.29, 0.717) is 0 Å². The van der Waals surface area contributed by atoms with Crippen LogP contribution in [0.1, 0.15) is 0 Å². The summed E-state index contributed by atoms with van der Waals surface area (Å²) < 4.78 is 4.14. The number of aliphatic carboxylic acids is 1. The van der Waals surface area contributed by atoms with Crippen molar-refractivity contribution in [1.82, 2.24) is 5.32 Å². The summed E-state index contributed by atoms with van der Waals surface area (Å²) in [6, 6.07) is 0. The summed E-state index contributed by atoms with van der Waals surface area (Å²) in [6.07, 6.45) is 3.04. The molecule has 0 saturated carbocycles. The molecule has 0 aromatic carbocycles. The van der Waals surface area contributed by atoms with E-state index in [-0.39, 0.29) is 12.6 Å². The molecule has 3 N–H and O–H groups in total. The Kier molecular flexibility index (Phi) is 19.8. The zero-order valence-electron chi connectivity index (χ0n) is 10.1. The molecule has 0 unspecified atom stereocenters. The predicted octanol–water partition coefficient (Wildman–Crippen LogP) is -0.159. The first-order valence-electron chi connectivity index (χ1n) is 4.46. The van der Waals surface area contributed by atoms with Crippen molar-refractivity contribution in [3.05, 3.63) is 38.0 Å². The maximum Gasteiger partial charge on any atom is 0.329 e. The van der Waals surface area contributed by atoms with Gasteiger partial charge in [-0.25, -0.2) is 9.59 Å². The number of amides is 1. The molecule has 0 fully saturated rings. The van der Waals surface area contributed by atoms with Crippen LogP contribution in [0.2, 0.25) is 0 Å². The molecule has 102 valence electrons. The monoisotopic (exact) mass is 259 g/mol. The Morgan fingerprint density at radius 1 is 1.17 bits per heavy atom. The summed E-state index contributed by atoms with van der Waals surface area (Å²) in [5.41, 5.74) is 0. The number of hydrogen-bond donors (Lipinski definition) is 3. The van der Waals surface area contributed by atoms with Crippen molar-refractivity contribution in [2.75, 3.05) is 13.8 Å². The third kappa shape index (κ3) is 29.2. The molecule has 0 aromatic rings. The van der Waals surface area contributed by atoms with Gasteiger partial charge in [0.15, 0.2) is 0 Å². The molecule has 7 heteroatoms. The molecule has 0 rings (SSSR count). The van der Waals surface area contributed by atoms with Gasteiger partial charge >= 0.3 is 11.9 Å². The normalized spacial score (nSPS) is 7.00. The Labute approximate surface area is 105 Å². The third-order valence-electron chi connectivity index (χ3n) is 0.981. The largest absolute Gasteiger partial charge is 0.478 e. The zero-order chi connectivity index (χ0) is 15.0. The Bertz CT molecular complexity index is 298. The smallest absolute Gasteiger partial charge is 0.329 e. The lowest BCUT2D eigenvalue weighted by molar-refractivity contribution is -0.135. The van der Waals surface area contributed by atoms with Crippen molar-refractivity contribution >= 4 is 17.8 Å². The molecule has 0 radical (unpaired) electrons. The number of methoxy groups -OCH3 is 1. The number of carbonyl (C=O) groups is 3. The van der Waals surface area contributed by atoms with E-state index in [0.717, 1.165) is 18.2 Å². The molecule has 1 amide bonds. The summed E-state index contributed by atoms with van der Waals surface area (Å²) in [5.74, 6) is -1.73. The summed E-state index contributed by atoms with van der Waals surface area (Å²) in [5, 5.41) is 17.7. The van der Waals surface area contributed by atoms with Gasteiger partial charge in [-0.3, -0.25) is 4.79 Å². The Balaban J connectivity index is -0.000000190. The van der Waals surface area contributed by atoms with Crippen molar-refractivity contribution in [3.8, 4) is 0 Å². The first-order chi connectivity index (χ1) is 8.39. The van der Waals surface area contributed by atoms with Crippen LogP contribution < -0.4 is 5.32 Å². The molecule has 0 saturated heterocycles. The first kappa shape index (κ1) is 20.9. The molecule has 7 nitrogen and oxygen atoms in total. The van der Waals surface area contributed by atoms with Gasteiger partial charge < -0.3 is 20.3 Å². The van der Waals surface area contributed by atoms with Gasteiger partial charge in [-0.1, -0.05) is 19.7 Å². The average molecular weight is 259 g/mol. The minimum atomic E-state index is -0.981. The molecular weight excluding hydrogens is 242 g/mol. The fourth-order valence-corrected chi connectivity index (χ4v) is 0.233. The lowest BCUT2D eigenvalue weighted by atomic mass is 10.6. The van der Waals surface area contributed by atoms with E-state index in [1.54, 1.807) is 0 Å². The first-order valence-corrected chi connectivity index (χ1v) is 4.46. The van der Waals surface area contributed by atoms with Crippen LogP contribution in [0.15, 0.2) is 38.0 Å². The highest BCUT2D eigenvalue weighted by Gasteiger charge is 1.84. The van der Waals surface area contributed by atoms with E-state index in [1.807, 2.05) is 0 Å². The SMILES string of the molecule is C=CC(=O)NCO.C=CC(=O)O.C=CC(=O)OC. The van der Waals surface area contributed by atoms with Crippen LogP contribution in [-0.4, -0.2) is 41.9 Å². The second-order valence-corrected chi connectivity index (χ2v) is 2.17. The number of carbonyl (C=O) groups excluding carboxylic acids is 2. The van der Waals surface area contributed by atoms with Crippen LogP contribution in [-0.2, 0) is 19.1 Å². The Morgan fingerprint density at radius 2 is 1.61 bits per heavy atom. The van der Waals surface area contributed by atoms with Crippen LogP contribution >= 0.6 is 0 Å². The molecular formula is C11H17NO6. The molecule has 0 aliphatic carbocycles. The summed E-state index contributed by atoms with van der Waals surface area (Å²) in [4.78, 5) is 29.1. The van der Waals surface area contributed by atoms with Crippen LogP contribution in [0, 0.1) is 0 Å². The topological polar surface area (TPSA) is 113 Å². The quantitative estimate of drug-likeness (QED) is 0.367. The average Bonchev–Trinajstić information content (AvgIpc) is 2.39. The molecule has 0 bridgehead atoms. The van der Waals surface area contributed by atoms with Gasteiger partial charge in [0.05, 0.1) is 7.11 Å². The number of rotatable bonds is 4. The van der Waals surface area contributed by atoms with Crippen molar-refractivity contribution in [3.63, 3.8) is 0 Å². The van der Waals surface area contributed by atoms with E-state index in [2.05, 4.69) is 29.8 Å². The fourth-order valence-electron chi connectivity index (χ4n) is 0.233. The number of ether oxygens (including phenoxy) is 1. The van der Waals surface area contributed by atoms with Crippen molar-refractivity contribution < 1.29 is 29.3 Å². The summed E-state index contributed by atoms with van der Waals surface area (Å²) in [7, 11) is 1.31. The fraction of sp³-hybridized carbons (Fsp3) is 0.182. The van der Waals surface area contributed by atoms with E-state index in [4.69, 9.17) is 10.2 Å². The van der Waals surface area contributed by atoms with Crippen LogP contribution in [0.5, 0.6) is 0 Å². The predicted molar refractivity (Wildman–Crippen MR) is 65.5 cm³/mol. The number of nitrogens with one attached hydrogen (secondary N) is 1. The van der Waals surface area contributed by atoms with Crippen LogP contribution in [0.4, 0.5) is 0 Å². The Hall–Kier alpha value is -2.41. The molecule has 0 atom stereocenters. The maximum atomic E-state index is 10.0. The van der Waals surface area contributed by atoms with Crippen LogP contribution in [0.25, 0.3) is 0 Å². The molecule has 0 spiro atoms. The highest BCUT2D eigenvalue weighted by Crippen LogP contribution is 1.67. The molecule has 0 aromatic heterocycles. The third-order valence-corrected chi connectivity index (χ3v) is 0.981. The second-order valence-electron chi connectivity index (χ2n) is 2.17. The minimum Gasteiger partial charge on any atom is -0.478 e. The number of aliphatic hydroxyl groups excluding tert-OH is 1. The highest BCUT2D eigenvalue weighted by atomic mass is 16.5. The zero-order valence-corrected chi connectivity index (χ0v) is 10.1. The van der Waals surface area contributed by atoms with E-state index >= 15 is 0 Å². The number of carboxylic acid groups (broad SMARTS) is 1. The number of esters is 1. The van der Waals surface area contributed by atoms with Gasteiger partial charge in [0.1, 0.15) is 6.73 Å². The van der Waals surface area contributed by atoms with Crippen molar-refractivity contribution in [1.29, 1.82) is 0 Å². The van der Waals surface area contributed by atoms with Gasteiger partial charge in [0.2, 0.25) is 5.91 Å². The lowest BCUT2D eigenvalue weighted by Gasteiger charge is -1.89. The summed E-state index contributed by atoms with van der Waals surface area (Å²) >= 11 is 0. The van der Waals surface area contributed by atoms with Crippen LogP contribution in [0.3, 0.4) is 0 Å². The van der Waals surface area contributed by atoms with Crippen molar-refractivity contribution in [2.45, 2.75) is 0 Å². The highest BCUT2D eigenvalue weighted by molar-refractivity contribution is 5.86. The Morgan fingerprint density at radius 3 is 1.67 bits per heavy atom. The minimum absolute atomic E-state index is 0.329. The second kappa shape index (κ2) is 17.0. The van der Waals surface area contributed by atoms with Crippen molar-refractivity contribution in [2.24, 2.45) is 0 Å². The van der Waals surface area contributed by atoms with Gasteiger partial charge in [-0.15, -0.1) is 0 Å². The maximum absolute atomic E-state index is 10.0. The molecule has 0 aliphatic rings. The molecule has 0 aliphatic heterocycles. The van der Waals surface area contributed by atoms with Gasteiger partial charge in [-0.05, 0) is 6.08 Å². The standard InChI is InChI=1S/C4H7NO2.C4H6O2.C3H4O2/c1-2-4(7)5-3-6;1-3-4(5)6-2;1-2-3(4)5/h2,6H,1,3H2,(H,5,7);3H,1H2,2H3;2H,1H2,(H,4,5). The van der Waals surface area contributed by atoms with E-state index in [1.165, 1.54) is 7.11 Å². The lowest BCUT2D eigenvalue weighted by Crippen LogP contribution is -2.20. The summed E-state index contributed by atoms with van der Waals surface area (Å²) in [6.45, 7) is 8.95. The number of aliphatic hydroxyl groups is 1. The number of carboxylic acids is 1. The van der Waals surface area contributed by atoms with E-state index in [9.17, 15) is 14.4 Å². The molecule has 18 heavy (non-hydrogen) atoms. The number of hydrogen-bond acceptors (Lipinski definition) is 5. The van der Waals surface area contributed by atoms with Gasteiger partial charge in [0.25, 0.3) is 0 Å².